The number of nitrogens with one attached hydrogen (secondary N) is 2. The van der Waals surface area contributed by atoms with Crippen molar-refractivity contribution in [1.82, 2.24) is 25.4 Å². The van der Waals surface area contributed by atoms with Gasteiger partial charge in [0.15, 0.2) is 0 Å². The largest absolute Gasteiger partial charge is 0.363 e. The first-order valence-corrected chi connectivity index (χ1v) is 11.3. The van der Waals surface area contributed by atoms with E-state index >= 15 is 0 Å². The van der Waals surface area contributed by atoms with Crippen molar-refractivity contribution >= 4 is 22.6 Å². The second-order valence-corrected chi connectivity index (χ2v) is 8.32. The fourth-order valence-electron chi connectivity index (χ4n) is 4.07. The molecule has 0 aliphatic rings. The predicted molar refractivity (Wildman–Crippen MR) is 129 cm³/mol. The molecule has 33 heavy (non-hydrogen) atoms. The summed E-state index contributed by atoms with van der Waals surface area (Å²) in [6, 6.07) is 9.72. The van der Waals surface area contributed by atoms with E-state index in [1.165, 1.54) is 0 Å². The van der Waals surface area contributed by atoms with Crippen molar-refractivity contribution in [3.05, 3.63) is 70.6 Å². The third kappa shape index (κ3) is 4.60. The van der Waals surface area contributed by atoms with Gasteiger partial charge in [0.1, 0.15) is 23.0 Å². The monoisotopic (exact) mass is 446 g/mol. The number of carbonyl (C=O) groups excluding carboxylic acids is 1. The van der Waals surface area contributed by atoms with Gasteiger partial charge in [-0.3, -0.25) is 4.79 Å². The molecule has 1 atom stereocenters. The molecular formula is C25H30N6O2. The molecule has 0 aliphatic heterocycles. The lowest BCUT2D eigenvalue weighted by molar-refractivity contribution is 0.0933. The van der Waals surface area contributed by atoms with E-state index in [4.69, 9.17) is 9.51 Å². The smallest absolute Gasteiger partial charge is 0.257 e. The summed E-state index contributed by atoms with van der Waals surface area (Å²) >= 11 is 0. The Morgan fingerprint density at radius 2 is 1.97 bits per heavy atom. The summed E-state index contributed by atoms with van der Waals surface area (Å²) < 4.78 is 5.43. The second kappa shape index (κ2) is 9.44. The Morgan fingerprint density at radius 3 is 2.70 bits per heavy atom. The number of anilines is 1. The molecule has 172 valence electrons. The van der Waals surface area contributed by atoms with Gasteiger partial charge in [-0.25, -0.2) is 9.97 Å². The van der Waals surface area contributed by atoms with Crippen molar-refractivity contribution in [2.24, 2.45) is 0 Å². The molecule has 0 spiro atoms. The summed E-state index contributed by atoms with van der Waals surface area (Å²) in [5.41, 5.74) is 4.13. The van der Waals surface area contributed by atoms with Gasteiger partial charge in [0.2, 0.25) is 0 Å². The van der Waals surface area contributed by atoms with Gasteiger partial charge >= 0.3 is 0 Å². The van der Waals surface area contributed by atoms with Crippen LogP contribution in [0.2, 0.25) is 0 Å². The molecule has 0 saturated carbocycles. The molecule has 0 bridgehead atoms. The fourth-order valence-corrected chi connectivity index (χ4v) is 4.07. The summed E-state index contributed by atoms with van der Waals surface area (Å²) in [5, 5.41) is 8.45. The number of benzene rings is 1. The van der Waals surface area contributed by atoms with Gasteiger partial charge in [0.25, 0.3) is 5.91 Å². The third-order valence-corrected chi connectivity index (χ3v) is 5.78. The lowest BCUT2D eigenvalue weighted by Crippen LogP contribution is -2.32. The summed E-state index contributed by atoms with van der Waals surface area (Å²) in [5.74, 6) is 1.85. The first kappa shape index (κ1) is 22.5. The maximum Gasteiger partial charge on any atom is 0.257 e. The summed E-state index contributed by atoms with van der Waals surface area (Å²) in [7, 11) is 3.88. The van der Waals surface area contributed by atoms with Crippen LogP contribution in [0.4, 0.5) is 5.82 Å². The van der Waals surface area contributed by atoms with E-state index in [1.54, 1.807) is 0 Å². The summed E-state index contributed by atoms with van der Waals surface area (Å²) in [6.07, 6.45) is 3.80. The van der Waals surface area contributed by atoms with Crippen LogP contribution in [0.3, 0.4) is 0 Å². The average molecular weight is 447 g/mol. The average Bonchev–Trinajstić information content (AvgIpc) is 3.42. The van der Waals surface area contributed by atoms with E-state index in [0.717, 1.165) is 28.0 Å². The van der Waals surface area contributed by atoms with Crippen molar-refractivity contribution in [3.8, 4) is 0 Å². The van der Waals surface area contributed by atoms with Crippen LogP contribution in [-0.2, 0) is 19.3 Å². The lowest BCUT2D eigenvalue weighted by Gasteiger charge is -2.21. The number of H-pyrrole nitrogens is 1. The van der Waals surface area contributed by atoms with E-state index in [-0.39, 0.29) is 11.9 Å². The van der Waals surface area contributed by atoms with Crippen molar-refractivity contribution < 1.29 is 9.32 Å². The summed E-state index contributed by atoms with van der Waals surface area (Å²) in [4.78, 5) is 27.9. The molecule has 0 fully saturated rings. The minimum atomic E-state index is -0.360. The van der Waals surface area contributed by atoms with Crippen LogP contribution in [-0.4, -0.2) is 40.1 Å². The van der Waals surface area contributed by atoms with Crippen LogP contribution in [0.25, 0.3) is 10.9 Å². The molecule has 1 aromatic carbocycles. The maximum atomic E-state index is 13.5. The van der Waals surface area contributed by atoms with E-state index < -0.39 is 0 Å². The first-order chi connectivity index (χ1) is 15.9. The van der Waals surface area contributed by atoms with Gasteiger partial charge in [0.05, 0.1) is 17.4 Å². The number of hydrogen-bond acceptors (Lipinski definition) is 6. The number of amides is 1. The van der Waals surface area contributed by atoms with Crippen LogP contribution >= 0.6 is 0 Å². The Hall–Kier alpha value is -3.68. The quantitative estimate of drug-likeness (QED) is 0.422. The molecule has 2 N–H and O–H groups in total. The van der Waals surface area contributed by atoms with Crippen LogP contribution in [0.1, 0.15) is 58.8 Å². The number of rotatable bonds is 8. The van der Waals surface area contributed by atoms with Crippen LogP contribution in [0.15, 0.2) is 41.1 Å². The van der Waals surface area contributed by atoms with Crippen molar-refractivity contribution in [3.63, 3.8) is 0 Å². The Balaban J connectivity index is 1.75. The zero-order valence-electron chi connectivity index (χ0n) is 19.8. The maximum absolute atomic E-state index is 13.5. The number of aromatic amines is 1. The Morgan fingerprint density at radius 1 is 1.18 bits per heavy atom. The number of para-hydroxylation sites is 1. The highest BCUT2D eigenvalue weighted by Gasteiger charge is 2.26. The minimum absolute atomic E-state index is 0.197. The molecule has 8 heteroatoms. The lowest BCUT2D eigenvalue weighted by atomic mass is 10.0. The SMILES string of the molecule is CCc1noc(CC)c1C(=O)NC(Cc1c[nH]c2ccccc12)c1cc(N(C)C)nc(C)n1. The molecule has 8 nitrogen and oxygen atoms in total. The van der Waals surface area contributed by atoms with Gasteiger partial charge in [0, 0.05) is 50.1 Å². The van der Waals surface area contributed by atoms with Crippen LogP contribution < -0.4 is 10.2 Å². The zero-order chi connectivity index (χ0) is 23.5. The highest BCUT2D eigenvalue weighted by molar-refractivity contribution is 5.96. The molecule has 0 radical (unpaired) electrons. The highest BCUT2D eigenvalue weighted by Crippen LogP contribution is 2.26. The Kier molecular flexibility index (Phi) is 6.44. The van der Waals surface area contributed by atoms with Crippen molar-refractivity contribution in [1.29, 1.82) is 0 Å². The number of aromatic nitrogens is 4. The Bertz CT molecular complexity index is 1250. The number of aryl methyl sites for hydroxylation is 3. The van der Waals surface area contributed by atoms with Crippen LogP contribution in [0.5, 0.6) is 0 Å². The number of carbonyl (C=O) groups is 1. The predicted octanol–water partition coefficient (Wildman–Crippen LogP) is 4.16. The highest BCUT2D eigenvalue weighted by atomic mass is 16.5. The first-order valence-electron chi connectivity index (χ1n) is 11.3. The normalized spacial score (nSPS) is 12.2. The number of fused-ring (bicyclic) bond motifs is 1. The molecule has 1 amide bonds. The van der Waals surface area contributed by atoms with Crippen molar-refractivity contribution in [2.45, 2.75) is 46.1 Å². The van der Waals surface area contributed by atoms with Gasteiger partial charge < -0.3 is 19.7 Å². The van der Waals surface area contributed by atoms with Gasteiger partial charge in [-0.15, -0.1) is 0 Å². The molecule has 1 unspecified atom stereocenters. The molecule has 0 saturated heterocycles. The fraction of sp³-hybridized carbons (Fsp3) is 0.360. The van der Waals surface area contributed by atoms with E-state index in [2.05, 4.69) is 26.5 Å². The molecule has 0 aliphatic carbocycles. The van der Waals surface area contributed by atoms with Gasteiger partial charge in [-0.1, -0.05) is 37.2 Å². The van der Waals surface area contributed by atoms with E-state index in [1.807, 2.05) is 70.2 Å². The minimum Gasteiger partial charge on any atom is -0.363 e. The van der Waals surface area contributed by atoms with E-state index in [9.17, 15) is 4.79 Å². The number of nitrogens with zero attached hydrogens (tertiary/aromatic N) is 4. The van der Waals surface area contributed by atoms with E-state index in [0.29, 0.717) is 42.1 Å². The number of hydrogen-bond donors (Lipinski definition) is 2. The standard InChI is InChI=1S/C25H30N6O2/c1-6-18-24(22(7-2)33-30-18)25(32)29-20(21-13-23(31(4)5)28-15(3)27-21)12-16-14-26-19-11-9-8-10-17(16)19/h8-11,13-14,20,26H,6-7,12H2,1-5H3,(H,29,32). The topological polar surface area (TPSA) is 99.9 Å². The molecule has 3 aromatic heterocycles. The zero-order valence-corrected chi connectivity index (χ0v) is 19.8. The summed E-state index contributed by atoms with van der Waals surface area (Å²) in [6.45, 7) is 5.79. The molecular weight excluding hydrogens is 416 g/mol. The molecule has 3 heterocycles. The molecule has 4 aromatic rings. The Labute approximate surface area is 193 Å². The van der Waals surface area contributed by atoms with Gasteiger partial charge in [-0.2, -0.15) is 0 Å². The van der Waals surface area contributed by atoms with Crippen LogP contribution in [0, 0.1) is 6.92 Å². The third-order valence-electron chi connectivity index (χ3n) is 5.78. The second-order valence-electron chi connectivity index (χ2n) is 8.32. The van der Waals surface area contributed by atoms with Crippen molar-refractivity contribution in [2.75, 3.05) is 19.0 Å². The molecule has 4 rings (SSSR count). The van der Waals surface area contributed by atoms with Gasteiger partial charge in [-0.05, 0) is 25.0 Å².